The molecule has 1 fully saturated rings. The van der Waals surface area contributed by atoms with Crippen LogP contribution in [0.15, 0.2) is 24.3 Å². The number of benzene rings is 1. The number of unbranched alkanes of at least 4 members (excludes halogenated alkanes) is 1. The molecule has 3 heteroatoms. The number of hydrogen-bond donors (Lipinski definition) is 0. The largest absolute Gasteiger partial charge is 0.457 e. The molecule has 0 bridgehead atoms. The van der Waals surface area contributed by atoms with Gasteiger partial charge < -0.3 is 9.31 Å². The van der Waals surface area contributed by atoms with Gasteiger partial charge in [0.1, 0.15) is 0 Å². The van der Waals surface area contributed by atoms with Crippen molar-refractivity contribution in [3.8, 4) is 0 Å². The molecule has 2 atom stereocenters. The van der Waals surface area contributed by atoms with E-state index in [9.17, 15) is 0 Å². The minimum absolute atomic E-state index is 0.0242. The SMILES string of the molecule is CCCCB1O[C@H]2CCc3ccccc3[C@@H]2O1. The first-order chi connectivity index (χ1) is 8.38. The molecule has 0 aromatic heterocycles. The fourth-order valence-corrected chi connectivity index (χ4v) is 2.89. The van der Waals surface area contributed by atoms with E-state index < -0.39 is 0 Å². The van der Waals surface area contributed by atoms with Crippen LogP contribution >= 0.6 is 0 Å². The van der Waals surface area contributed by atoms with Crippen LogP contribution in [0.2, 0.25) is 6.32 Å². The van der Waals surface area contributed by atoms with Gasteiger partial charge in [-0.3, -0.25) is 0 Å². The summed E-state index contributed by atoms with van der Waals surface area (Å²) in [7, 11) is 0.0242. The molecule has 2 aliphatic rings. The molecule has 0 unspecified atom stereocenters. The Balaban J connectivity index is 1.75. The van der Waals surface area contributed by atoms with Crippen LogP contribution in [-0.2, 0) is 15.7 Å². The second-order valence-corrected chi connectivity index (χ2v) is 5.04. The Hall–Kier alpha value is -0.795. The first-order valence-electron chi connectivity index (χ1n) is 6.77. The monoisotopic (exact) mass is 230 g/mol. The van der Waals surface area contributed by atoms with E-state index in [1.54, 1.807) is 0 Å². The van der Waals surface area contributed by atoms with Crippen LogP contribution in [0.5, 0.6) is 0 Å². The van der Waals surface area contributed by atoms with Crippen LogP contribution in [0.25, 0.3) is 0 Å². The van der Waals surface area contributed by atoms with Gasteiger partial charge in [0.15, 0.2) is 0 Å². The molecule has 0 radical (unpaired) electrons. The molecular formula is C14H19BO2. The molecule has 1 aromatic carbocycles. The average molecular weight is 230 g/mol. The van der Waals surface area contributed by atoms with Crippen molar-refractivity contribution >= 4 is 7.12 Å². The molecule has 2 nitrogen and oxygen atoms in total. The van der Waals surface area contributed by atoms with Crippen LogP contribution in [0.3, 0.4) is 0 Å². The normalized spacial score (nSPS) is 26.8. The first kappa shape index (κ1) is 11.3. The minimum atomic E-state index is 0.0242. The second-order valence-electron chi connectivity index (χ2n) is 5.04. The zero-order valence-electron chi connectivity index (χ0n) is 10.4. The number of hydrogen-bond acceptors (Lipinski definition) is 2. The van der Waals surface area contributed by atoms with E-state index in [4.69, 9.17) is 9.31 Å². The topological polar surface area (TPSA) is 18.5 Å². The highest BCUT2D eigenvalue weighted by atomic mass is 16.7. The van der Waals surface area contributed by atoms with Gasteiger partial charge in [0.05, 0.1) is 12.2 Å². The predicted octanol–water partition coefficient (Wildman–Crippen LogP) is 3.38. The molecular weight excluding hydrogens is 211 g/mol. The quantitative estimate of drug-likeness (QED) is 0.741. The summed E-state index contributed by atoms with van der Waals surface area (Å²) < 4.78 is 12.1. The maximum atomic E-state index is 6.07. The summed E-state index contributed by atoms with van der Waals surface area (Å²) in [5.41, 5.74) is 2.79. The molecule has 0 amide bonds. The highest BCUT2D eigenvalue weighted by Crippen LogP contribution is 2.40. The van der Waals surface area contributed by atoms with Crippen LogP contribution < -0.4 is 0 Å². The number of aryl methyl sites for hydroxylation is 1. The van der Waals surface area contributed by atoms with E-state index in [1.165, 1.54) is 24.0 Å². The fraction of sp³-hybridized carbons (Fsp3) is 0.571. The fourth-order valence-electron chi connectivity index (χ4n) is 2.89. The lowest BCUT2D eigenvalue weighted by Crippen LogP contribution is -2.22. The van der Waals surface area contributed by atoms with Gasteiger partial charge in [0.2, 0.25) is 0 Å². The van der Waals surface area contributed by atoms with Crippen molar-refractivity contribution in [1.29, 1.82) is 0 Å². The van der Waals surface area contributed by atoms with Crippen LogP contribution in [-0.4, -0.2) is 13.2 Å². The molecule has 0 saturated carbocycles. The molecule has 1 saturated heterocycles. The van der Waals surface area contributed by atoms with Crippen molar-refractivity contribution in [2.24, 2.45) is 0 Å². The Morgan fingerprint density at radius 2 is 2.18 bits per heavy atom. The Kier molecular flexibility index (Phi) is 3.21. The highest BCUT2D eigenvalue weighted by molar-refractivity contribution is 6.45. The van der Waals surface area contributed by atoms with E-state index in [0.29, 0.717) is 0 Å². The van der Waals surface area contributed by atoms with E-state index in [1.807, 2.05) is 0 Å². The second kappa shape index (κ2) is 4.83. The third-order valence-electron chi connectivity index (χ3n) is 3.82. The Labute approximate surface area is 103 Å². The highest BCUT2D eigenvalue weighted by Gasteiger charge is 2.42. The Bertz CT molecular complexity index is 394. The minimum Gasteiger partial charge on any atom is -0.405 e. The maximum absolute atomic E-state index is 6.07. The molecule has 1 aliphatic heterocycles. The van der Waals surface area contributed by atoms with Gasteiger partial charge in [-0.1, -0.05) is 44.0 Å². The van der Waals surface area contributed by atoms with Crippen LogP contribution in [0.1, 0.15) is 43.4 Å². The smallest absolute Gasteiger partial charge is 0.405 e. The molecule has 0 spiro atoms. The Morgan fingerprint density at radius 1 is 1.29 bits per heavy atom. The van der Waals surface area contributed by atoms with Crippen molar-refractivity contribution in [3.05, 3.63) is 35.4 Å². The summed E-state index contributed by atoms with van der Waals surface area (Å²) in [4.78, 5) is 0. The van der Waals surface area contributed by atoms with Crippen molar-refractivity contribution in [2.75, 3.05) is 0 Å². The van der Waals surface area contributed by atoms with Crippen molar-refractivity contribution in [2.45, 2.75) is 51.1 Å². The van der Waals surface area contributed by atoms with Gasteiger partial charge >= 0.3 is 7.12 Å². The van der Waals surface area contributed by atoms with Gasteiger partial charge in [0.25, 0.3) is 0 Å². The summed E-state index contributed by atoms with van der Waals surface area (Å²) in [5.74, 6) is 0. The predicted molar refractivity (Wildman–Crippen MR) is 68.9 cm³/mol. The first-order valence-corrected chi connectivity index (χ1v) is 6.77. The molecule has 1 heterocycles. The lowest BCUT2D eigenvalue weighted by molar-refractivity contribution is 0.138. The standard InChI is InChI=1S/C14H19BO2/c1-2-3-10-15-16-13-9-8-11-6-4-5-7-12(11)14(13)17-15/h4-7,13-14H,2-3,8-10H2,1H3/t13-,14-/m0/s1. The third-order valence-corrected chi connectivity index (χ3v) is 3.82. The van der Waals surface area contributed by atoms with E-state index in [0.717, 1.165) is 19.2 Å². The zero-order chi connectivity index (χ0) is 11.7. The lowest BCUT2D eigenvalue weighted by Gasteiger charge is -2.26. The molecule has 1 aliphatic carbocycles. The Morgan fingerprint density at radius 3 is 3.06 bits per heavy atom. The van der Waals surface area contributed by atoms with E-state index >= 15 is 0 Å². The van der Waals surface area contributed by atoms with Crippen LogP contribution in [0, 0.1) is 0 Å². The zero-order valence-corrected chi connectivity index (χ0v) is 10.4. The van der Waals surface area contributed by atoms with Crippen molar-refractivity contribution < 1.29 is 9.31 Å². The molecule has 0 N–H and O–H groups in total. The third kappa shape index (κ3) is 2.14. The van der Waals surface area contributed by atoms with Gasteiger partial charge in [-0.05, 0) is 30.3 Å². The van der Waals surface area contributed by atoms with Crippen LogP contribution in [0.4, 0.5) is 0 Å². The summed E-state index contributed by atoms with van der Waals surface area (Å²) >= 11 is 0. The number of fused-ring (bicyclic) bond motifs is 3. The van der Waals surface area contributed by atoms with Gasteiger partial charge in [-0.25, -0.2) is 0 Å². The van der Waals surface area contributed by atoms with Gasteiger partial charge in [-0.15, -0.1) is 0 Å². The lowest BCUT2D eigenvalue weighted by atomic mass is 9.83. The van der Waals surface area contributed by atoms with Gasteiger partial charge in [-0.2, -0.15) is 0 Å². The summed E-state index contributed by atoms with van der Waals surface area (Å²) in [6.45, 7) is 2.21. The maximum Gasteiger partial charge on any atom is 0.457 e. The van der Waals surface area contributed by atoms with Crippen molar-refractivity contribution in [3.63, 3.8) is 0 Å². The molecule has 3 rings (SSSR count). The summed E-state index contributed by atoms with van der Waals surface area (Å²) in [5, 5.41) is 0. The summed E-state index contributed by atoms with van der Waals surface area (Å²) in [6.07, 6.45) is 6.12. The molecule has 90 valence electrons. The number of rotatable bonds is 3. The van der Waals surface area contributed by atoms with Gasteiger partial charge in [0, 0.05) is 0 Å². The summed E-state index contributed by atoms with van der Waals surface area (Å²) in [6, 6.07) is 8.62. The average Bonchev–Trinajstić information content (AvgIpc) is 2.79. The van der Waals surface area contributed by atoms with E-state index in [-0.39, 0.29) is 19.3 Å². The van der Waals surface area contributed by atoms with Crippen molar-refractivity contribution in [1.82, 2.24) is 0 Å². The molecule has 17 heavy (non-hydrogen) atoms. The van der Waals surface area contributed by atoms with E-state index in [2.05, 4.69) is 31.2 Å². The molecule has 1 aromatic rings.